The van der Waals surface area contributed by atoms with Gasteiger partial charge in [-0.15, -0.1) is 12.4 Å². The van der Waals surface area contributed by atoms with E-state index in [0.717, 1.165) is 12.0 Å². The van der Waals surface area contributed by atoms with E-state index in [9.17, 15) is 4.79 Å². The number of amides is 1. The fourth-order valence-corrected chi connectivity index (χ4v) is 1.59. The van der Waals surface area contributed by atoms with E-state index in [2.05, 4.69) is 15.4 Å². The maximum Gasteiger partial charge on any atom is 0.269 e. The van der Waals surface area contributed by atoms with Crippen molar-refractivity contribution in [3.8, 4) is 0 Å². The van der Waals surface area contributed by atoms with Crippen LogP contribution in [0.3, 0.4) is 0 Å². The van der Waals surface area contributed by atoms with E-state index in [1.807, 2.05) is 13.2 Å². The molecule has 102 valence electrons. The number of rotatable bonds is 4. The van der Waals surface area contributed by atoms with Crippen LogP contribution < -0.4 is 11.1 Å². The van der Waals surface area contributed by atoms with Gasteiger partial charge in [0.15, 0.2) is 0 Å². The molecule has 2 rings (SSSR count). The predicted molar refractivity (Wildman–Crippen MR) is 75.1 cm³/mol. The van der Waals surface area contributed by atoms with Crippen LogP contribution in [0.1, 0.15) is 16.1 Å². The van der Waals surface area contributed by atoms with Crippen molar-refractivity contribution in [2.75, 3.05) is 12.3 Å². The Bertz CT molecular complexity index is 555. The second kappa shape index (κ2) is 6.75. The fourth-order valence-electron chi connectivity index (χ4n) is 1.59. The molecule has 0 aliphatic rings. The predicted octanol–water partition coefficient (Wildman–Crippen LogP) is 0.792. The Kier molecular flexibility index (Phi) is 5.32. The number of nitrogens with one attached hydrogen (secondary N) is 1. The molecule has 19 heavy (non-hydrogen) atoms. The van der Waals surface area contributed by atoms with Crippen molar-refractivity contribution in [1.29, 1.82) is 0 Å². The van der Waals surface area contributed by atoms with E-state index in [1.54, 1.807) is 29.1 Å². The number of carbonyl (C=O) groups excluding carboxylic acids is 1. The highest BCUT2D eigenvalue weighted by molar-refractivity contribution is 5.92. The standard InChI is InChI=1S/C12H15N5O.ClH/c1-17-8-9(7-15-17)5-6-14-12(18)10-3-2-4-11(13)16-10;/h2-4,7-8H,5-6H2,1H3,(H2,13,16)(H,14,18);1H. The van der Waals surface area contributed by atoms with Gasteiger partial charge in [0.1, 0.15) is 11.5 Å². The topological polar surface area (TPSA) is 85.8 Å². The molecule has 7 heteroatoms. The Labute approximate surface area is 117 Å². The number of aryl methyl sites for hydroxylation is 1. The monoisotopic (exact) mass is 281 g/mol. The van der Waals surface area contributed by atoms with Gasteiger partial charge in [-0.05, 0) is 24.1 Å². The van der Waals surface area contributed by atoms with E-state index >= 15 is 0 Å². The van der Waals surface area contributed by atoms with Crippen molar-refractivity contribution >= 4 is 24.1 Å². The molecule has 0 saturated heterocycles. The van der Waals surface area contributed by atoms with Gasteiger partial charge in [0.05, 0.1) is 6.20 Å². The fraction of sp³-hybridized carbons (Fsp3) is 0.250. The van der Waals surface area contributed by atoms with Gasteiger partial charge >= 0.3 is 0 Å². The van der Waals surface area contributed by atoms with Crippen LogP contribution in [0.4, 0.5) is 5.82 Å². The van der Waals surface area contributed by atoms with Crippen LogP contribution in [0.2, 0.25) is 0 Å². The molecule has 0 unspecified atom stereocenters. The van der Waals surface area contributed by atoms with Crippen molar-refractivity contribution in [3.63, 3.8) is 0 Å². The van der Waals surface area contributed by atoms with Crippen molar-refractivity contribution in [2.24, 2.45) is 7.05 Å². The molecule has 2 aromatic heterocycles. The number of anilines is 1. The first-order chi connectivity index (χ1) is 8.65. The third-order valence-electron chi connectivity index (χ3n) is 2.46. The molecule has 1 amide bonds. The highest BCUT2D eigenvalue weighted by atomic mass is 35.5. The summed E-state index contributed by atoms with van der Waals surface area (Å²) in [5.41, 5.74) is 6.93. The molecule has 6 nitrogen and oxygen atoms in total. The van der Waals surface area contributed by atoms with Gasteiger partial charge in [0.2, 0.25) is 0 Å². The lowest BCUT2D eigenvalue weighted by Crippen LogP contribution is -2.26. The molecule has 3 N–H and O–H groups in total. The van der Waals surface area contributed by atoms with Crippen molar-refractivity contribution in [2.45, 2.75) is 6.42 Å². The minimum Gasteiger partial charge on any atom is -0.384 e. The number of pyridine rings is 1. The van der Waals surface area contributed by atoms with Crippen LogP contribution in [-0.4, -0.2) is 27.2 Å². The molecule has 0 fully saturated rings. The zero-order valence-corrected chi connectivity index (χ0v) is 11.4. The number of aromatic nitrogens is 3. The van der Waals surface area contributed by atoms with Crippen molar-refractivity contribution in [3.05, 3.63) is 41.9 Å². The first-order valence-electron chi connectivity index (χ1n) is 5.63. The Hall–Kier alpha value is -2.08. The van der Waals surface area contributed by atoms with Crippen LogP contribution in [0.15, 0.2) is 30.6 Å². The molecule has 0 bridgehead atoms. The molecular weight excluding hydrogens is 266 g/mol. The summed E-state index contributed by atoms with van der Waals surface area (Å²) >= 11 is 0. The largest absolute Gasteiger partial charge is 0.384 e. The van der Waals surface area contributed by atoms with Gasteiger partial charge in [0.25, 0.3) is 5.91 Å². The smallest absolute Gasteiger partial charge is 0.269 e. The normalized spacial score (nSPS) is 9.74. The van der Waals surface area contributed by atoms with Gasteiger partial charge in [-0.25, -0.2) is 4.98 Å². The highest BCUT2D eigenvalue weighted by Gasteiger charge is 2.06. The minimum atomic E-state index is -0.216. The summed E-state index contributed by atoms with van der Waals surface area (Å²) in [5.74, 6) is 0.126. The Morgan fingerprint density at radius 3 is 2.89 bits per heavy atom. The minimum absolute atomic E-state index is 0. The molecular formula is C12H16ClN5O. The lowest BCUT2D eigenvalue weighted by molar-refractivity contribution is 0.0949. The molecule has 0 spiro atoms. The number of halogens is 1. The first-order valence-corrected chi connectivity index (χ1v) is 5.63. The second-order valence-corrected chi connectivity index (χ2v) is 3.98. The molecule has 0 radical (unpaired) electrons. The lowest BCUT2D eigenvalue weighted by Gasteiger charge is -2.03. The molecule has 0 aromatic carbocycles. The van der Waals surface area contributed by atoms with Crippen molar-refractivity contribution < 1.29 is 4.79 Å². The Morgan fingerprint density at radius 2 is 2.26 bits per heavy atom. The lowest BCUT2D eigenvalue weighted by atomic mass is 10.2. The second-order valence-electron chi connectivity index (χ2n) is 3.98. The van der Waals surface area contributed by atoms with E-state index in [0.29, 0.717) is 18.1 Å². The summed E-state index contributed by atoms with van der Waals surface area (Å²) < 4.78 is 1.73. The third-order valence-corrected chi connectivity index (χ3v) is 2.46. The molecule has 0 atom stereocenters. The van der Waals surface area contributed by atoms with Gasteiger partial charge in [0, 0.05) is 19.8 Å². The molecule has 2 heterocycles. The van der Waals surface area contributed by atoms with Crippen LogP contribution in [0, 0.1) is 0 Å². The van der Waals surface area contributed by atoms with Gasteiger partial charge in [-0.1, -0.05) is 6.07 Å². The number of hydrogen-bond acceptors (Lipinski definition) is 4. The quantitative estimate of drug-likeness (QED) is 0.868. The van der Waals surface area contributed by atoms with Crippen LogP contribution in [0.25, 0.3) is 0 Å². The van der Waals surface area contributed by atoms with Gasteiger partial charge < -0.3 is 11.1 Å². The Morgan fingerprint density at radius 1 is 1.47 bits per heavy atom. The third kappa shape index (κ3) is 4.26. The van der Waals surface area contributed by atoms with Crippen LogP contribution in [-0.2, 0) is 13.5 Å². The maximum atomic E-state index is 11.7. The average molecular weight is 282 g/mol. The van der Waals surface area contributed by atoms with Crippen molar-refractivity contribution in [1.82, 2.24) is 20.1 Å². The summed E-state index contributed by atoms with van der Waals surface area (Å²) in [6, 6.07) is 4.99. The van der Waals surface area contributed by atoms with Crippen LogP contribution >= 0.6 is 12.4 Å². The van der Waals surface area contributed by atoms with E-state index < -0.39 is 0 Å². The SMILES string of the molecule is Cl.Cn1cc(CCNC(=O)c2cccc(N)n2)cn1. The summed E-state index contributed by atoms with van der Waals surface area (Å²) in [6.45, 7) is 0.543. The number of hydrogen-bond donors (Lipinski definition) is 2. The molecule has 0 saturated carbocycles. The van der Waals surface area contributed by atoms with E-state index in [-0.39, 0.29) is 18.3 Å². The zero-order valence-electron chi connectivity index (χ0n) is 10.5. The molecule has 0 aliphatic heterocycles. The number of carbonyl (C=O) groups is 1. The maximum absolute atomic E-state index is 11.7. The molecule has 0 aliphatic carbocycles. The first kappa shape index (κ1) is 15.0. The van der Waals surface area contributed by atoms with E-state index in [1.165, 1.54) is 0 Å². The zero-order chi connectivity index (χ0) is 13.0. The summed E-state index contributed by atoms with van der Waals surface area (Å²) in [7, 11) is 1.86. The van der Waals surface area contributed by atoms with Crippen LogP contribution in [0.5, 0.6) is 0 Å². The number of nitrogen functional groups attached to an aromatic ring is 1. The highest BCUT2D eigenvalue weighted by Crippen LogP contribution is 2.01. The van der Waals surface area contributed by atoms with Gasteiger partial charge in [-0.3, -0.25) is 9.48 Å². The van der Waals surface area contributed by atoms with Gasteiger partial charge in [-0.2, -0.15) is 5.10 Å². The number of nitrogens with zero attached hydrogens (tertiary/aromatic N) is 3. The summed E-state index contributed by atoms with van der Waals surface area (Å²) in [4.78, 5) is 15.7. The summed E-state index contributed by atoms with van der Waals surface area (Å²) in [5, 5.41) is 6.85. The van der Waals surface area contributed by atoms with E-state index in [4.69, 9.17) is 5.73 Å². The Balaban J connectivity index is 0.00000180. The average Bonchev–Trinajstić information content (AvgIpc) is 2.75. The number of nitrogens with two attached hydrogens (primary N) is 1. The molecule has 2 aromatic rings. The summed E-state index contributed by atoms with van der Waals surface area (Å²) in [6.07, 6.45) is 4.44.